The minimum atomic E-state index is -0.107. The number of benzene rings is 2. The van der Waals surface area contributed by atoms with Crippen LogP contribution in [-0.2, 0) is 9.53 Å². The van der Waals surface area contributed by atoms with Gasteiger partial charge >= 0.3 is 0 Å². The van der Waals surface area contributed by atoms with E-state index >= 15 is 0 Å². The van der Waals surface area contributed by atoms with Crippen LogP contribution in [0.2, 0.25) is 0 Å². The summed E-state index contributed by atoms with van der Waals surface area (Å²) in [5, 5.41) is 3.95. The molecule has 0 atom stereocenters. The molecule has 1 aliphatic rings. The average Bonchev–Trinajstić information content (AvgIpc) is 3.29. The Morgan fingerprint density at radius 1 is 1.12 bits per heavy atom. The third-order valence-corrected chi connectivity index (χ3v) is 6.12. The Bertz CT molecular complexity index is 1140. The van der Waals surface area contributed by atoms with Crippen LogP contribution < -0.4 is 14.8 Å². The van der Waals surface area contributed by atoms with Gasteiger partial charge in [0.1, 0.15) is 17.1 Å². The first kappa shape index (κ1) is 23.9. The van der Waals surface area contributed by atoms with Crippen LogP contribution in [0.1, 0.15) is 18.9 Å². The molecule has 3 aromatic rings. The average molecular weight is 465 g/mol. The lowest BCUT2D eigenvalue weighted by atomic mass is 9.99. The highest BCUT2D eigenvalue weighted by Gasteiger charge is 2.15. The molecule has 2 heterocycles. The van der Waals surface area contributed by atoms with Crippen molar-refractivity contribution in [2.45, 2.75) is 13.3 Å². The van der Waals surface area contributed by atoms with E-state index in [0.717, 1.165) is 78.3 Å². The van der Waals surface area contributed by atoms with Crippen molar-refractivity contribution in [3.8, 4) is 22.6 Å². The van der Waals surface area contributed by atoms with Crippen molar-refractivity contribution in [2.75, 3.05) is 53.6 Å². The fraction of sp³-hybridized carbons (Fsp3) is 0.370. The summed E-state index contributed by atoms with van der Waals surface area (Å²) in [6.07, 6.45) is 4.29. The summed E-state index contributed by atoms with van der Waals surface area (Å²) in [5.74, 6) is 1.36. The summed E-state index contributed by atoms with van der Waals surface area (Å²) in [4.78, 5) is 14.9. The fourth-order valence-corrected chi connectivity index (χ4v) is 4.19. The van der Waals surface area contributed by atoms with Gasteiger partial charge in [-0.2, -0.15) is 0 Å². The van der Waals surface area contributed by atoms with Gasteiger partial charge in [0.15, 0.2) is 0 Å². The van der Waals surface area contributed by atoms with Crippen LogP contribution in [0.4, 0.5) is 0 Å². The molecular weight excluding hydrogens is 432 g/mol. The number of nitrogens with zero attached hydrogens (tertiary/aromatic N) is 1. The van der Waals surface area contributed by atoms with Gasteiger partial charge in [-0.25, -0.2) is 0 Å². The molecule has 34 heavy (non-hydrogen) atoms. The van der Waals surface area contributed by atoms with Crippen molar-refractivity contribution in [2.24, 2.45) is 0 Å². The van der Waals surface area contributed by atoms with E-state index in [9.17, 15) is 4.79 Å². The summed E-state index contributed by atoms with van der Waals surface area (Å²) < 4.78 is 22.1. The highest BCUT2D eigenvalue weighted by Crippen LogP contribution is 2.37. The van der Waals surface area contributed by atoms with E-state index in [1.165, 1.54) is 0 Å². The van der Waals surface area contributed by atoms with Crippen molar-refractivity contribution in [1.82, 2.24) is 10.2 Å². The summed E-state index contributed by atoms with van der Waals surface area (Å²) >= 11 is 0. The maximum absolute atomic E-state index is 12.5. The molecule has 4 rings (SSSR count). The maximum atomic E-state index is 12.5. The topological polar surface area (TPSA) is 73.2 Å². The second-order valence-corrected chi connectivity index (χ2v) is 8.35. The Morgan fingerprint density at radius 2 is 1.88 bits per heavy atom. The molecule has 180 valence electrons. The molecule has 0 spiro atoms. The maximum Gasteiger partial charge on any atom is 0.244 e. The van der Waals surface area contributed by atoms with Crippen LogP contribution in [0.3, 0.4) is 0 Å². The minimum absolute atomic E-state index is 0.107. The predicted octanol–water partition coefficient (Wildman–Crippen LogP) is 4.36. The molecule has 0 saturated carbocycles. The summed E-state index contributed by atoms with van der Waals surface area (Å²) in [7, 11) is 3.27. The molecule has 0 radical (unpaired) electrons. The lowest BCUT2D eigenvalue weighted by Gasteiger charge is -2.26. The van der Waals surface area contributed by atoms with Gasteiger partial charge in [-0.15, -0.1) is 0 Å². The number of rotatable bonds is 9. The number of ether oxygens (including phenoxy) is 3. The highest BCUT2D eigenvalue weighted by atomic mass is 16.5. The highest BCUT2D eigenvalue weighted by molar-refractivity contribution is 6.00. The summed E-state index contributed by atoms with van der Waals surface area (Å²) in [6, 6.07) is 11.7. The van der Waals surface area contributed by atoms with Crippen LogP contribution in [0.25, 0.3) is 27.7 Å². The smallest absolute Gasteiger partial charge is 0.244 e. The zero-order valence-electron chi connectivity index (χ0n) is 20.1. The first-order valence-electron chi connectivity index (χ1n) is 11.6. The molecule has 0 aliphatic carbocycles. The third kappa shape index (κ3) is 5.61. The van der Waals surface area contributed by atoms with Gasteiger partial charge < -0.3 is 23.9 Å². The number of furan rings is 1. The normalized spacial score (nSPS) is 14.9. The number of nitrogens with one attached hydrogen (secondary N) is 1. The first-order valence-corrected chi connectivity index (χ1v) is 11.6. The van der Waals surface area contributed by atoms with Crippen molar-refractivity contribution >= 4 is 22.4 Å². The second kappa shape index (κ2) is 11.2. The fourth-order valence-electron chi connectivity index (χ4n) is 4.19. The van der Waals surface area contributed by atoms with Crippen LogP contribution in [0.5, 0.6) is 11.5 Å². The number of hydrogen-bond acceptors (Lipinski definition) is 6. The van der Waals surface area contributed by atoms with E-state index in [1.807, 2.05) is 43.3 Å². The number of allylic oxidation sites excluding steroid dienone is 1. The number of morpholine rings is 1. The van der Waals surface area contributed by atoms with E-state index < -0.39 is 0 Å². The van der Waals surface area contributed by atoms with E-state index in [4.69, 9.17) is 18.6 Å². The van der Waals surface area contributed by atoms with Crippen LogP contribution >= 0.6 is 0 Å². The van der Waals surface area contributed by atoms with E-state index in [1.54, 1.807) is 26.6 Å². The number of hydrogen-bond donors (Lipinski definition) is 1. The number of carbonyl (C=O) groups excluding carboxylic acids is 1. The van der Waals surface area contributed by atoms with Gasteiger partial charge in [-0.05, 0) is 49.2 Å². The van der Waals surface area contributed by atoms with Gasteiger partial charge in [0.05, 0.1) is 33.7 Å². The van der Waals surface area contributed by atoms with Gasteiger partial charge in [0, 0.05) is 48.3 Å². The molecule has 1 aliphatic heterocycles. The van der Waals surface area contributed by atoms with Crippen LogP contribution in [0.15, 0.2) is 53.2 Å². The van der Waals surface area contributed by atoms with Gasteiger partial charge in [0.25, 0.3) is 0 Å². The quantitative estimate of drug-likeness (QED) is 0.375. The molecule has 1 N–H and O–H groups in total. The summed E-state index contributed by atoms with van der Waals surface area (Å²) in [6.45, 7) is 7.02. The van der Waals surface area contributed by atoms with Crippen LogP contribution in [-0.4, -0.2) is 64.4 Å². The molecule has 1 aromatic heterocycles. The molecule has 0 unspecified atom stereocenters. The minimum Gasteiger partial charge on any atom is -0.497 e. The van der Waals surface area contributed by atoms with Crippen molar-refractivity contribution in [1.29, 1.82) is 0 Å². The molecule has 1 saturated heterocycles. The Hall–Kier alpha value is -3.29. The number of amides is 1. The molecule has 1 fully saturated rings. The lowest BCUT2D eigenvalue weighted by Crippen LogP contribution is -2.38. The second-order valence-electron chi connectivity index (χ2n) is 8.35. The largest absolute Gasteiger partial charge is 0.497 e. The third-order valence-electron chi connectivity index (χ3n) is 6.12. The molecule has 7 heteroatoms. The van der Waals surface area contributed by atoms with Gasteiger partial charge in [0.2, 0.25) is 5.91 Å². The van der Waals surface area contributed by atoms with Crippen molar-refractivity contribution in [3.05, 3.63) is 54.3 Å². The summed E-state index contributed by atoms with van der Waals surface area (Å²) in [5.41, 5.74) is 4.41. The SMILES string of the molecule is COc1ccc(-c2coc3cc(OC)c(/C(C)=C/C(=O)NCCCN4CCOCC4)cc23)cc1. The van der Waals surface area contributed by atoms with Gasteiger partial charge in [-0.3, -0.25) is 9.69 Å². The Morgan fingerprint density at radius 3 is 2.59 bits per heavy atom. The number of methoxy groups -OCH3 is 2. The predicted molar refractivity (Wildman–Crippen MR) is 133 cm³/mol. The Balaban J connectivity index is 1.48. The standard InChI is InChI=1S/C27H32N2O5/c1-19(15-27(30)28-9-4-10-29-11-13-33-14-12-29)22-16-23-24(18-34-26(23)17-25(22)32-3)20-5-7-21(31-2)8-6-20/h5-8,15-18H,4,9-14H2,1-3H3,(H,28,30)/b19-15+. The number of carbonyl (C=O) groups is 1. The van der Waals surface area contributed by atoms with E-state index in [0.29, 0.717) is 12.3 Å². The first-order chi connectivity index (χ1) is 16.6. The van der Waals surface area contributed by atoms with Crippen molar-refractivity contribution < 1.29 is 23.4 Å². The lowest BCUT2D eigenvalue weighted by molar-refractivity contribution is -0.116. The molecule has 1 amide bonds. The molecular formula is C27H32N2O5. The Labute approximate surface area is 200 Å². The zero-order valence-corrected chi connectivity index (χ0v) is 20.1. The Kier molecular flexibility index (Phi) is 7.87. The molecule has 0 bridgehead atoms. The van der Waals surface area contributed by atoms with E-state index in [2.05, 4.69) is 10.2 Å². The monoisotopic (exact) mass is 464 g/mol. The van der Waals surface area contributed by atoms with Crippen LogP contribution in [0, 0.1) is 0 Å². The molecule has 2 aromatic carbocycles. The van der Waals surface area contributed by atoms with Gasteiger partial charge in [-0.1, -0.05) is 12.1 Å². The van der Waals surface area contributed by atoms with Crippen molar-refractivity contribution in [3.63, 3.8) is 0 Å². The number of fused-ring (bicyclic) bond motifs is 1. The zero-order chi connectivity index (χ0) is 23.9. The van der Waals surface area contributed by atoms with E-state index in [-0.39, 0.29) is 5.91 Å². The molecule has 7 nitrogen and oxygen atoms in total.